The van der Waals surface area contributed by atoms with Crippen molar-refractivity contribution in [2.45, 2.75) is 33.3 Å². The average Bonchev–Trinajstić information content (AvgIpc) is 2.66. The molecule has 0 amide bonds. The molecule has 0 aromatic rings. The lowest BCUT2D eigenvalue weighted by atomic mass is 9.70. The van der Waals surface area contributed by atoms with Crippen LogP contribution in [0.3, 0.4) is 0 Å². The summed E-state index contributed by atoms with van der Waals surface area (Å²) in [6.45, 7) is 6.06. The van der Waals surface area contributed by atoms with Crippen LogP contribution in [0, 0.1) is 23.7 Å². The SMILES string of the molecule is CCOC(=O)[C@@H]1[C@H]2C(=O)O[C@@H](CC)[C@H]2C=C[C@H]1C. The maximum atomic E-state index is 12.0. The maximum Gasteiger partial charge on any atom is 0.310 e. The summed E-state index contributed by atoms with van der Waals surface area (Å²) >= 11 is 0. The van der Waals surface area contributed by atoms with Crippen molar-refractivity contribution < 1.29 is 19.1 Å². The molecule has 0 unspecified atom stereocenters. The number of fused-ring (bicyclic) bond motifs is 1. The van der Waals surface area contributed by atoms with Gasteiger partial charge in [0, 0.05) is 5.92 Å². The highest BCUT2D eigenvalue weighted by atomic mass is 16.6. The normalized spacial score (nSPS) is 38.2. The van der Waals surface area contributed by atoms with Crippen LogP contribution in [0.5, 0.6) is 0 Å². The zero-order chi connectivity index (χ0) is 13.3. The number of ether oxygens (including phenoxy) is 2. The van der Waals surface area contributed by atoms with Gasteiger partial charge in [0.25, 0.3) is 0 Å². The Hall–Kier alpha value is -1.32. The van der Waals surface area contributed by atoms with Gasteiger partial charge < -0.3 is 9.47 Å². The molecule has 5 atom stereocenters. The molecule has 4 nitrogen and oxygen atoms in total. The summed E-state index contributed by atoms with van der Waals surface area (Å²) in [5, 5.41) is 0. The highest BCUT2D eigenvalue weighted by Crippen LogP contribution is 2.43. The second-order valence-electron chi connectivity index (χ2n) is 5.01. The summed E-state index contributed by atoms with van der Waals surface area (Å²) in [5.41, 5.74) is 0. The predicted octanol–water partition coefficient (Wildman–Crippen LogP) is 1.94. The first kappa shape index (κ1) is 13.1. The molecule has 0 spiro atoms. The van der Waals surface area contributed by atoms with Crippen molar-refractivity contribution in [1.82, 2.24) is 0 Å². The molecule has 0 bridgehead atoms. The third-order valence-electron chi connectivity index (χ3n) is 3.94. The fourth-order valence-corrected chi connectivity index (χ4v) is 3.03. The van der Waals surface area contributed by atoms with Crippen molar-refractivity contribution in [3.8, 4) is 0 Å². The third kappa shape index (κ3) is 2.04. The molecule has 0 N–H and O–H groups in total. The van der Waals surface area contributed by atoms with E-state index in [4.69, 9.17) is 9.47 Å². The summed E-state index contributed by atoms with van der Waals surface area (Å²) in [5.74, 6) is -1.25. The first-order valence-electron chi connectivity index (χ1n) is 6.65. The molecule has 0 saturated carbocycles. The number of allylic oxidation sites excluding steroid dienone is 1. The quantitative estimate of drug-likeness (QED) is 0.569. The van der Waals surface area contributed by atoms with E-state index in [-0.39, 0.29) is 35.8 Å². The van der Waals surface area contributed by atoms with Crippen molar-refractivity contribution in [1.29, 1.82) is 0 Å². The Labute approximate surface area is 107 Å². The second-order valence-corrected chi connectivity index (χ2v) is 5.01. The van der Waals surface area contributed by atoms with Crippen LogP contribution >= 0.6 is 0 Å². The molecule has 100 valence electrons. The van der Waals surface area contributed by atoms with Crippen LogP contribution in [-0.2, 0) is 19.1 Å². The number of carbonyl (C=O) groups excluding carboxylic acids is 2. The lowest BCUT2D eigenvalue weighted by Crippen LogP contribution is -2.39. The molecular weight excluding hydrogens is 232 g/mol. The Morgan fingerprint density at radius 2 is 2.11 bits per heavy atom. The van der Waals surface area contributed by atoms with Crippen LogP contribution < -0.4 is 0 Å². The largest absolute Gasteiger partial charge is 0.466 e. The van der Waals surface area contributed by atoms with E-state index < -0.39 is 5.92 Å². The Morgan fingerprint density at radius 3 is 2.72 bits per heavy atom. The van der Waals surface area contributed by atoms with Gasteiger partial charge in [-0.3, -0.25) is 9.59 Å². The van der Waals surface area contributed by atoms with E-state index in [9.17, 15) is 9.59 Å². The first-order valence-corrected chi connectivity index (χ1v) is 6.65. The minimum Gasteiger partial charge on any atom is -0.466 e. The van der Waals surface area contributed by atoms with Crippen LogP contribution in [0.25, 0.3) is 0 Å². The molecule has 2 aliphatic rings. The molecule has 18 heavy (non-hydrogen) atoms. The highest BCUT2D eigenvalue weighted by molar-refractivity contribution is 5.85. The van der Waals surface area contributed by atoms with Gasteiger partial charge in [-0.25, -0.2) is 0 Å². The van der Waals surface area contributed by atoms with E-state index in [0.717, 1.165) is 6.42 Å². The molecule has 1 heterocycles. The molecule has 0 aromatic carbocycles. The Balaban J connectivity index is 2.27. The summed E-state index contributed by atoms with van der Waals surface area (Å²) in [4.78, 5) is 24.0. The molecule has 0 aromatic heterocycles. The minimum absolute atomic E-state index is 0.0214. The average molecular weight is 252 g/mol. The van der Waals surface area contributed by atoms with Gasteiger partial charge in [-0.05, 0) is 19.3 Å². The zero-order valence-electron chi connectivity index (χ0n) is 11.1. The van der Waals surface area contributed by atoms with E-state index in [1.165, 1.54) is 0 Å². The smallest absolute Gasteiger partial charge is 0.310 e. The summed E-state index contributed by atoms with van der Waals surface area (Å²) in [6.07, 6.45) is 4.72. The number of hydrogen-bond acceptors (Lipinski definition) is 4. The van der Waals surface area contributed by atoms with Gasteiger partial charge in [0.15, 0.2) is 0 Å². The first-order chi connectivity index (χ1) is 8.60. The maximum absolute atomic E-state index is 12.0. The number of rotatable bonds is 3. The van der Waals surface area contributed by atoms with Crippen LogP contribution in [-0.4, -0.2) is 24.6 Å². The zero-order valence-corrected chi connectivity index (χ0v) is 11.1. The van der Waals surface area contributed by atoms with Crippen molar-refractivity contribution in [3.63, 3.8) is 0 Å². The van der Waals surface area contributed by atoms with E-state index >= 15 is 0 Å². The molecule has 1 aliphatic heterocycles. The van der Waals surface area contributed by atoms with Gasteiger partial charge in [-0.1, -0.05) is 26.0 Å². The van der Waals surface area contributed by atoms with Gasteiger partial charge in [0.1, 0.15) is 6.10 Å². The summed E-state index contributed by atoms with van der Waals surface area (Å²) in [6, 6.07) is 0. The monoisotopic (exact) mass is 252 g/mol. The van der Waals surface area contributed by atoms with Crippen molar-refractivity contribution >= 4 is 11.9 Å². The van der Waals surface area contributed by atoms with Gasteiger partial charge in [0.05, 0.1) is 18.4 Å². The van der Waals surface area contributed by atoms with Gasteiger partial charge in [-0.15, -0.1) is 0 Å². The van der Waals surface area contributed by atoms with Crippen molar-refractivity contribution in [2.75, 3.05) is 6.61 Å². The van der Waals surface area contributed by atoms with Crippen molar-refractivity contribution in [2.24, 2.45) is 23.7 Å². The Bertz CT molecular complexity index is 374. The topological polar surface area (TPSA) is 52.6 Å². The fraction of sp³-hybridized carbons (Fsp3) is 0.714. The molecule has 1 aliphatic carbocycles. The minimum atomic E-state index is -0.399. The predicted molar refractivity (Wildman–Crippen MR) is 65.6 cm³/mol. The van der Waals surface area contributed by atoms with Gasteiger partial charge in [-0.2, -0.15) is 0 Å². The highest BCUT2D eigenvalue weighted by Gasteiger charge is 2.52. The molecule has 4 heteroatoms. The lowest BCUT2D eigenvalue weighted by molar-refractivity contribution is -0.158. The number of esters is 2. The van der Waals surface area contributed by atoms with E-state index in [1.807, 2.05) is 26.0 Å². The lowest BCUT2D eigenvalue weighted by Gasteiger charge is -2.30. The third-order valence-corrected chi connectivity index (χ3v) is 3.94. The van der Waals surface area contributed by atoms with Gasteiger partial charge >= 0.3 is 11.9 Å². The molecule has 0 radical (unpaired) electrons. The molecule has 1 saturated heterocycles. The van der Waals surface area contributed by atoms with Crippen LogP contribution in [0.1, 0.15) is 27.2 Å². The molecule has 2 rings (SSSR count). The standard InChI is InChI=1S/C14H20O4/c1-4-10-9-7-6-8(3)11(13(15)17-5-2)12(9)14(16)18-10/h6-12H,4-5H2,1-3H3/t8-,9-,10+,11+,12+/m1/s1. The fourth-order valence-electron chi connectivity index (χ4n) is 3.03. The summed E-state index contributed by atoms with van der Waals surface area (Å²) < 4.78 is 10.5. The van der Waals surface area contributed by atoms with Crippen molar-refractivity contribution in [3.05, 3.63) is 12.2 Å². The summed E-state index contributed by atoms with van der Waals surface area (Å²) in [7, 11) is 0. The molecular formula is C14H20O4. The van der Waals surface area contributed by atoms with E-state index in [1.54, 1.807) is 6.92 Å². The number of cyclic esters (lactones) is 1. The molecule has 1 fully saturated rings. The van der Waals surface area contributed by atoms with Gasteiger partial charge in [0.2, 0.25) is 0 Å². The van der Waals surface area contributed by atoms with E-state index in [2.05, 4.69) is 0 Å². The second kappa shape index (κ2) is 5.12. The van der Waals surface area contributed by atoms with Crippen LogP contribution in [0.15, 0.2) is 12.2 Å². The Morgan fingerprint density at radius 1 is 1.39 bits per heavy atom. The van der Waals surface area contributed by atoms with Crippen LogP contribution in [0.2, 0.25) is 0 Å². The number of hydrogen-bond donors (Lipinski definition) is 0. The Kier molecular flexibility index (Phi) is 3.73. The van der Waals surface area contributed by atoms with E-state index in [0.29, 0.717) is 6.61 Å². The number of carbonyl (C=O) groups is 2. The van der Waals surface area contributed by atoms with Crippen LogP contribution in [0.4, 0.5) is 0 Å².